The molecule has 0 aromatic carbocycles. The smallest absolute Gasteiger partial charge is 0.137 e. The van der Waals surface area contributed by atoms with Crippen LogP contribution in [0.4, 0.5) is 0 Å². The summed E-state index contributed by atoms with van der Waals surface area (Å²) >= 11 is 0. The average molecular weight is 212 g/mol. The minimum Gasteiger partial charge on any atom is -0.380 e. The lowest BCUT2D eigenvalue weighted by atomic mass is 10.1. The van der Waals surface area contributed by atoms with E-state index in [2.05, 4.69) is 45.3 Å². The molecule has 0 fully saturated rings. The van der Waals surface area contributed by atoms with E-state index >= 15 is 0 Å². The lowest BCUT2D eigenvalue weighted by molar-refractivity contribution is 0.181. The van der Waals surface area contributed by atoms with Gasteiger partial charge in [0.25, 0.3) is 0 Å². The zero-order valence-corrected chi connectivity index (χ0v) is 11.6. The molecule has 1 atom stereocenters. The summed E-state index contributed by atoms with van der Waals surface area (Å²) in [6.45, 7) is 15.2. The second-order valence-electron chi connectivity index (χ2n) is 5.83. The first-order valence-electron chi connectivity index (χ1n) is 5.28. The highest BCUT2D eigenvalue weighted by atomic mass is 28.3. The minimum absolute atomic E-state index is 0.229. The summed E-state index contributed by atoms with van der Waals surface area (Å²) in [4.78, 5) is 0. The molecule has 1 N–H and O–H groups in total. The molecule has 0 radical (unpaired) electrons. The molecule has 82 valence electrons. The highest BCUT2D eigenvalue weighted by molar-refractivity contribution is 6.87. The van der Waals surface area contributed by atoms with E-state index in [0.717, 1.165) is 0 Å². The molecule has 0 saturated heterocycles. The van der Waals surface area contributed by atoms with E-state index in [-0.39, 0.29) is 11.0 Å². The Morgan fingerprint density at radius 2 is 1.57 bits per heavy atom. The highest BCUT2D eigenvalue weighted by Crippen LogP contribution is 2.35. The Labute approximate surface area is 89.9 Å². The maximum absolute atomic E-state index is 9.60. The molecule has 0 amide bonds. The van der Waals surface area contributed by atoms with Crippen molar-refractivity contribution in [2.75, 3.05) is 0 Å². The van der Waals surface area contributed by atoms with E-state index in [1.165, 1.54) is 0 Å². The molecule has 1 nitrogen and oxygen atoms in total. The van der Waals surface area contributed by atoms with Gasteiger partial charge in [0.15, 0.2) is 0 Å². The molecule has 0 bridgehead atoms. The van der Waals surface area contributed by atoms with Crippen molar-refractivity contribution in [2.24, 2.45) is 5.92 Å². The minimum atomic E-state index is -1.53. The van der Waals surface area contributed by atoms with Gasteiger partial charge in [0.05, 0.1) is 0 Å². The molecular weight excluding hydrogens is 188 g/mol. The third-order valence-corrected chi connectivity index (χ3v) is 7.56. The fraction of sp³-hybridized carbons (Fsp3) is 0.833. The van der Waals surface area contributed by atoms with Gasteiger partial charge in [0.1, 0.15) is 14.2 Å². The van der Waals surface area contributed by atoms with Crippen LogP contribution in [0.2, 0.25) is 18.1 Å². The molecule has 0 aromatic heterocycles. The van der Waals surface area contributed by atoms with E-state index in [0.29, 0.717) is 0 Å². The summed E-state index contributed by atoms with van der Waals surface area (Å²) < 4.78 is 0. The first kappa shape index (κ1) is 13.7. The molecule has 0 aromatic rings. The van der Waals surface area contributed by atoms with Crippen molar-refractivity contribution in [1.82, 2.24) is 0 Å². The van der Waals surface area contributed by atoms with E-state index in [1.807, 2.05) is 13.8 Å². The predicted octanol–water partition coefficient (Wildman–Crippen LogP) is 3.05. The molecule has 1 unspecified atom stereocenters. The van der Waals surface area contributed by atoms with Gasteiger partial charge in [-0.1, -0.05) is 53.6 Å². The van der Waals surface area contributed by atoms with E-state index in [9.17, 15) is 5.11 Å². The fourth-order valence-electron chi connectivity index (χ4n) is 0.609. The number of aliphatic hydroxyl groups is 1. The SMILES string of the molecule is CC(C)C(O)C#C[Si](C)(C)C(C)(C)C. The van der Waals surface area contributed by atoms with E-state index in [1.54, 1.807) is 0 Å². The van der Waals surface area contributed by atoms with Crippen molar-refractivity contribution in [3.05, 3.63) is 0 Å². The number of rotatable bonds is 1. The lowest BCUT2D eigenvalue weighted by Crippen LogP contribution is -2.36. The fourth-order valence-corrected chi connectivity index (χ4v) is 1.49. The van der Waals surface area contributed by atoms with Gasteiger partial charge in [0.2, 0.25) is 0 Å². The monoisotopic (exact) mass is 212 g/mol. The van der Waals surface area contributed by atoms with Crippen LogP contribution in [-0.2, 0) is 0 Å². The van der Waals surface area contributed by atoms with Crippen molar-refractivity contribution in [1.29, 1.82) is 0 Å². The first-order chi connectivity index (χ1) is 6.08. The largest absolute Gasteiger partial charge is 0.380 e. The van der Waals surface area contributed by atoms with Gasteiger partial charge >= 0.3 is 0 Å². The predicted molar refractivity (Wildman–Crippen MR) is 65.8 cm³/mol. The molecule has 0 rings (SSSR count). The topological polar surface area (TPSA) is 20.2 Å². The Balaban J connectivity index is 4.65. The maximum atomic E-state index is 9.60. The van der Waals surface area contributed by atoms with Crippen molar-refractivity contribution < 1.29 is 5.11 Å². The van der Waals surface area contributed by atoms with Crippen LogP contribution >= 0.6 is 0 Å². The Morgan fingerprint density at radius 1 is 1.14 bits per heavy atom. The third kappa shape index (κ3) is 3.85. The Kier molecular flexibility index (Phi) is 4.42. The summed E-state index contributed by atoms with van der Waals surface area (Å²) in [5.74, 6) is 3.23. The lowest BCUT2D eigenvalue weighted by Gasteiger charge is -2.31. The van der Waals surface area contributed by atoms with Crippen LogP contribution in [-0.4, -0.2) is 19.3 Å². The molecule has 0 aliphatic carbocycles. The standard InChI is InChI=1S/C12H24OSi/c1-10(2)11(13)8-9-14(6,7)12(3,4)5/h10-11,13H,1-7H3. The van der Waals surface area contributed by atoms with Gasteiger partial charge in [0, 0.05) is 0 Å². The van der Waals surface area contributed by atoms with Gasteiger partial charge in [-0.2, -0.15) is 0 Å². The van der Waals surface area contributed by atoms with E-state index in [4.69, 9.17) is 0 Å². The van der Waals surface area contributed by atoms with Crippen LogP contribution in [0.25, 0.3) is 0 Å². The van der Waals surface area contributed by atoms with Crippen molar-refractivity contribution in [3.63, 3.8) is 0 Å². The maximum Gasteiger partial charge on any atom is 0.137 e. The normalized spacial score (nSPS) is 14.9. The quantitative estimate of drug-likeness (QED) is 0.523. The Hall–Kier alpha value is -0.263. The van der Waals surface area contributed by atoms with Crippen LogP contribution in [0, 0.1) is 17.4 Å². The average Bonchev–Trinajstić information content (AvgIpc) is 1.97. The van der Waals surface area contributed by atoms with Crippen LogP contribution in [0.5, 0.6) is 0 Å². The molecule has 0 spiro atoms. The highest BCUT2D eigenvalue weighted by Gasteiger charge is 2.33. The second kappa shape index (κ2) is 4.50. The molecule has 14 heavy (non-hydrogen) atoms. The number of hydrogen-bond donors (Lipinski definition) is 1. The summed E-state index contributed by atoms with van der Waals surface area (Å²) in [7, 11) is -1.53. The van der Waals surface area contributed by atoms with Gasteiger partial charge in [-0.25, -0.2) is 0 Å². The summed E-state index contributed by atoms with van der Waals surface area (Å²) in [5.41, 5.74) is 3.32. The van der Waals surface area contributed by atoms with Crippen LogP contribution in [0.3, 0.4) is 0 Å². The zero-order chi connectivity index (χ0) is 11.6. The van der Waals surface area contributed by atoms with Crippen LogP contribution in [0.1, 0.15) is 34.6 Å². The number of hydrogen-bond acceptors (Lipinski definition) is 1. The molecule has 0 aliphatic rings. The summed E-state index contributed by atoms with van der Waals surface area (Å²) in [5, 5.41) is 9.88. The van der Waals surface area contributed by atoms with E-state index < -0.39 is 14.2 Å². The van der Waals surface area contributed by atoms with Crippen molar-refractivity contribution in [2.45, 2.75) is 58.9 Å². The molecule has 0 saturated carbocycles. The van der Waals surface area contributed by atoms with Gasteiger partial charge in [-0.05, 0) is 11.0 Å². The number of aliphatic hydroxyl groups excluding tert-OH is 1. The van der Waals surface area contributed by atoms with Gasteiger partial charge in [-0.15, -0.1) is 5.54 Å². The van der Waals surface area contributed by atoms with Crippen molar-refractivity contribution in [3.8, 4) is 11.5 Å². The Bertz CT molecular complexity index is 237. The zero-order valence-electron chi connectivity index (χ0n) is 10.6. The third-order valence-electron chi connectivity index (χ3n) is 3.04. The van der Waals surface area contributed by atoms with Gasteiger partial charge < -0.3 is 5.11 Å². The summed E-state index contributed by atoms with van der Waals surface area (Å²) in [6.07, 6.45) is -0.468. The molecule has 0 heterocycles. The Morgan fingerprint density at radius 3 is 1.86 bits per heavy atom. The van der Waals surface area contributed by atoms with Crippen LogP contribution in [0.15, 0.2) is 0 Å². The molecule has 2 heteroatoms. The second-order valence-corrected chi connectivity index (χ2v) is 10.8. The summed E-state index contributed by atoms with van der Waals surface area (Å²) in [6, 6.07) is 0. The van der Waals surface area contributed by atoms with Gasteiger partial charge in [-0.3, -0.25) is 0 Å². The first-order valence-corrected chi connectivity index (χ1v) is 8.28. The van der Waals surface area contributed by atoms with Crippen LogP contribution < -0.4 is 0 Å². The molecular formula is C12H24OSi. The molecule has 0 aliphatic heterocycles. The van der Waals surface area contributed by atoms with Crippen molar-refractivity contribution >= 4 is 8.07 Å².